The number of carbonyl (C=O) groups is 4. The molecule has 1 saturated heterocycles. The van der Waals surface area contributed by atoms with Gasteiger partial charge >= 0.3 is 5.97 Å². The number of hydrogen-bond donors (Lipinski definition) is 1. The van der Waals surface area contributed by atoms with Gasteiger partial charge < -0.3 is 10.1 Å². The zero-order valence-electron chi connectivity index (χ0n) is 17.5. The minimum Gasteiger partial charge on any atom is -0.452 e. The quantitative estimate of drug-likeness (QED) is 0.329. The van der Waals surface area contributed by atoms with Gasteiger partial charge in [-0.05, 0) is 55.3 Å². The minimum atomic E-state index is -0.749. The molecule has 0 spiro atoms. The molecular weight excluding hydrogens is 526 g/mol. The van der Waals surface area contributed by atoms with Crippen LogP contribution in [-0.2, 0) is 19.1 Å². The van der Waals surface area contributed by atoms with Crippen LogP contribution in [0.4, 0.5) is 11.4 Å². The smallest absolute Gasteiger partial charge is 0.338 e. The largest absolute Gasteiger partial charge is 0.452 e. The van der Waals surface area contributed by atoms with Crippen LogP contribution in [0.25, 0.3) is 0 Å². The van der Waals surface area contributed by atoms with Gasteiger partial charge in [-0.3, -0.25) is 19.3 Å². The molecule has 1 saturated carbocycles. The fourth-order valence-corrected chi connectivity index (χ4v) is 5.02. The summed E-state index contributed by atoms with van der Waals surface area (Å²) in [4.78, 5) is 51.2. The summed E-state index contributed by atoms with van der Waals surface area (Å²) in [5.41, 5.74) is 0.781. The zero-order valence-corrected chi connectivity index (χ0v) is 20.5. The first-order valence-corrected chi connectivity index (χ1v) is 12.0. The Morgan fingerprint density at radius 2 is 1.53 bits per heavy atom. The van der Waals surface area contributed by atoms with Crippen LogP contribution in [0.5, 0.6) is 0 Å². The number of ether oxygens (including phenoxy) is 1. The number of imide groups is 1. The number of halogens is 4. The minimum absolute atomic E-state index is 0.149. The summed E-state index contributed by atoms with van der Waals surface area (Å²) < 4.78 is 5.04. The van der Waals surface area contributed by atoms with Crippen molar-refractivity contribution in [1.29, 1.82) is 0 Å². The van der Waals surface area contributed by atoms with Gasteiger partial charge in [-0.25, -0.2) is 4.79 Å². The lowest BCUT2D eigenvalue weighted by molar-refractivity contribution is -0.122. The van der Waals surface area contributed by atoms with E-state index in [9.17, 15) is 19.2 Å². The molecule has 1 heterocycles. The summed E-state index contributed by atoms with van der Waals surface area (Å²) in [7, 11) is 0. The average Bonchev–Trinajstić information content (AvgIpc) is 3.04. The Hall–Kier alpha value is -2.32. The number of amides is 3. The van der Waals surface area contributed by atoms with Crippen molar-refractivity contribution in [1.82, 2.24) is 0 Å². The van der Waals surface area contributed by atoms with Gasteiger partial charge in [0.1, 0.15) is 0 Å². The zero-order chi connectivity index (χ0) is 24.6. The maximum Gasteiger partial charge on any atom is 0.338 e. The van der Waals surface area contributed by atoms with Crippen LogP contribution in [0, 0.1) is 11.8 Å². The Morgan fingerprint density at radius 1 is 0.941 bits per heavy atom. The van der Waals surface area contributed by atoms with E-state index in [1.54, 1.807) is 6.07 Å². The Balaban J connectivity index is 1.37. The number of esters is 1. The molecular formula is C23H18Cl4N2O5. The Bertz CT molecular complexity index is 1130. The third kappa shape index (κ3) is 5.03. The summed E-state index contributed by atoms with van der Waals surface area (Å²) >= 11 is 24.3. The highest BCUT2D eigenvalue weighted by molar-refractivity contribution is 6.35. The summed E-state index contributed by atoms with van der Waals surface area (Å²) in [6, 6.07) is 10.4. The molecule has 1 aliphatic heterocycles. The summed E-state index contributed by atoms with van der Waals surface area (Å²) in [6.07, 6.45) is 0.683. The molecule has 0 aromatic heterocycles. The fourth-order valence-electron chi connectivity index (χ4n) is 4.09. The molecule has 0 bridgehead atoms. The molecule has 11 heteroatoms. The Kier molecular flexibility index (Phi) is 7.38. The molecule has 4 rings (SSSR count). The highest BCUT2D eigenvalue weighted by Gasteiger charge is 2.52. The first kappa shape index (κ1) is 24.8. The number of nitrogens with zero attached hydrogens (tertiary/aromatic N) is 1. The number of alkyl halides is 2. The van der Waals surface area contributed by atoms with Gasteiger partial charge in [0.25, 0.3) is 5.91 Å². The van der Waals surface area contributed by atoms with E-state index in [4.69, 9.17) is 51.1 Å². The van der Waals surface area contributed by atoms with E-state index < -0.39 is 30.3 Å². The maximum absolute atomic E-state index is 12.8. The van der Waals surface area contributed by atoms with Crippen molar-refractivity contribution in [3.05, 3.63) is 58.1 Å². The highest BCUT2D eigenvalue weighted by Crippen LogP contribution is 2.43. The van der Waals surface area contributed by atoms with Crippen molar-refractivity contribution in [2.45, 2.75) is 23.6 Å². The number of carbonyl (C=O) groups excluding carboxylic acids is 4. The van der Waals surface area contributed by atoms with Gasteiger partial charge in [0.05, 0.1) is 44.6 Å². The second-order valence-electron chi connectivity index (χ2n) is 8.02. The van der Waals surface area contributed by atoms with Gasteiger partial charge in [-0.15, -0.1) is 23.2 Å². The number of anilines is 2. The molecule has 2 fully saturated rings. The van der Waals surface area contributed by atoms with Crippen LogP contribution in [0.3, 0.4) is 0 Å². The number of benzene rings is 2. The van der Waals surface area contributed by atoms with Gasteiger partial charge in [-0.1, -0.05) is 23.2 Å². The maximum atomic E-state index is 12.8. The van der Waals surface area contributed by atoms with Crippen LogP contribution in [0.15, 0.2) is 42.5 Å². The van der Waals surface area contributed by atoms with E-state index in [1.807, 2.05) is 0 Å². The molecule has 2 aliphatic rings. The molecule has 1 aliphatic carbocycles. The first-order valence-electron chi connectivity index (χ1n) is 10.3. The first-order chi connectivity index (χ1) is 16.2. The molecule has 34 heavy (non-hydrogen) atoms. The lowest BCUT2D eigenvalue weighted by Crippen LogP contribution is -2.34. The van der Waals surface area contributed by atoms with Crippen LogP contribution < -0.4 is 10.2 Å². The topological polar surface area (TPSA) is 92.8 Å². The molecule has 4 atom stereocenters. The second kappa shape index (κ2) is 10.1. The normalized spacial score (nSPS) is 24.1. The van der Waals surface area contributed by atoms with Crippen LogP contribution in [-0.4, -0.2) is 41.1 Å². The van der Waals surface area contributed by atoms with Crippen LogP contribution >= 0.6 is 46.4 Å². The van der Waals surface area contributed by atoms with Gasteiger partial charge in [0, 0.05) is 5.02 Å². The standard InChI is InChI=1S/C23H18Cl4N2O5/c24-12-3-6-16(25)19(7-12)28-20(30)10-34-23(33)11-1-4-13(5-2-11)29-21(31)14-8-17(26)18(27)9-15(14)22(29)32/h1-7,14-15,17-18H,8-10H2,(H,28,30)/t14-,15+,17-,18-/m0/s1. The van der Waals surface area contributed by atoms with Crippen molar-refractivity contribution in [3.8, 4) is 0 Å². The van der Waals surface area contributed by atoms with Crippen molar-refractivity contribution in [2.24, 2.45) is 11.8 Å². The van der Waals surface area contributed by atoms with Crippen molar-refractivity contribution in [2.75, 3.05) is 16.8 Å². The highest BCUT2D eigenvalue weighted by atomic mass is 35.5. The molecule has 2 aromatic rings. The molecule has 0 unspecified atom stereocenters. The van der Waals surface area contributed by atoms with Gasteiger partial charge in [0.2, 0.25) is 11.8 Å². The molecule has 2 aromatic carbocycles. The predicted octanol–water partition coefficient (Wildman–Crippen LogP) is 4.90. The van der Waals surface area contributed by atoms with Crippen LogP contribution in [0.2, 0.25) is 10.0 Å². The second-order valence-corrected chi connectivity index (χ2v) is 9.99. The molecule has 7 nitrogen and oxygen atoms in total. The van der Waals surface area contributed by atoms with Crippen molar-refractivity contribution < 1.29 is 23.9 Å². The third-order valence-electron chi connectivity index (χ3n) is 5.81. The van der Waals surface area contributed by atoms with E-state index in [1.165, 1.54) is 36.4 Å². The number of rotatable bonds is 5. The SMILES string of the molecule is O=C(COC(=O)c1ccc(N2C(=O)[C@H]3C[C@H](Cl)[C@@H](Cl)C[C@H]3C2=O)cc1)Nc1cc(Cl)ccc1Cl. The van der Waals surface area contributed by atoms with Crippen molar-refractivity contribution >= 4 is 81.5 Å². The fraction of sp³-hybridized carbons (Fsp3) is 0.304. The predicted molar refractivity (Wildman–Crippen MR) is 130 cm³/mol. The van der Waals surface area contributed by atoms with E-state index in [-0.39, 0.29) is 33.2 Å². The molecule has 3 amide bonds. The third-order valence-corrected chi connectivity index (χ3v) is 7.47. The van der Waals surface area contributed by atoms with Gasteiger partial charge in [0.15, 0.2) is 6.61 Å². The Labute approximate surface area is 215 Å². The lowest BCUT2D eigenvalue weighted by Gasteiger charge is -2.28. The van der Waals surface area contributed by atoms with E-state index in [0.717, 1.165) is 4.90 Å². The number of hydrogen-bond acceptors (Lipinski definition) is 5. The van der Waals surface area contributed by atoms with E-state index in [2.05, 4.69) is 5.32 Å². The van der Waals surface area contributed by atoms with Crippen LogP contribution in [0.1, 0.15) is 23.2 Å². The van der Waals surface area contributed by atoms with E-state index in [0.29, 0.717) is 29.2 Å². The van der Waals surface area contributed by atoms with E-state index >= 15 is 0 Å². The summed E-state index contributed by atoms with van der Waals surface area (Å²) in [5.74, 6) is -2.99. The number of nitrogens with one attached hydrogen (secondary N) is 1. The number of fused-ring (bicyclic) bond motifs is 1. The summed E-state index contributed by atoms with van der Waals surface area (Å²) in [6.45, 7) is -0.547. The van der Waals surface area contributed by atoms with Gasteiger partial charge in [-0.2, -0.15) is 0 Å². The molecule has 1 N–H and O–H groups in total. The Morgan fingerprint density at radius 3 is 2.12 bits per heavy atom. The molecule has 178 valence electrons. The summed E-state index contributed by atoms with van der Waals surface area (Å²) in [5, 5.41) is 2.44. The molecule has 0 radical (unpaired) electrons. The monoisotopic (exact) mass is 542 g/mol. The van der Waals surface area contributed by atoms with Crippen molar-refractivity contribution in [3.63, 3.8) is 0 Å². The average molecular weight is 544 g/mol. The lowest BCUT2D eigenvalue weighted by atomic mass is 9.80.